The summed E-state index contributed by atoms with van der Waals surface area (Å²) in [6.07, 6.45) is 5.48. The zero-order valence-corrected chi connectivity index (χ0v) is 12.7. The number of nitrogens with zero attached hydrogens (tertiary/aromatic N) is 1. The molecule has 2 atom stereocenters. The first kappa shape index (κ1) is 15.1. The van der Waals surface area contributed by atoms with Crippen LogP contribution in [-0.2, 0) is 6.54 Å². The minimum absolute atomic E-state index is 0.420. The number of rotatable bonds is 3. The molecule has 20 heavy (non-hydrogen) atoms. The summed E-state index contributed by atoms with van der Waals surface area (Å²) in [6.45, 7) is 3.82. The summed E-state index contributed by atoms with van der Waals surface area (Å²) in [7, 11) is 2.25. The molecule has 0 amide bonds. The molecule has 0 radical (unpaired) electrons. The quantitative estimate of drug-likeness (QED) is 0.856. The van der Waals surface area contributed by atoms with Gasteiger partial charge in [0, 0.05) is 18.2 Å². The van der Waals surface area contributed by atoms with Crippen molar-refractivity contribution in [3.63, 3.8) is 0 Å². The number of hydrogen-bond donors (Lipinski definition) is 1. The van der Waals surface area contributed by atoms with Crippen molar-refractivity contribution in [2.45, 2.75) is 45.2 Å². The van der Waals surface area contributed by atoms with E-state index in [2.05, 4.69) is 55.0 Å². The molecule has 1 fully saturated rings. The van der Waals surface area contributed by atoms with E-state index in [1.54, 1.807) is 0 Å². The third-order valence-corrected chi connectivity index (χ3v) is 4.33. The Balaban J connectivity index is 2.01. The van der Waals surface area contributed by atoms with Gasteiger partial charge in [-0.2, -0.15) is 0 Å². The van der Waals surface area contributed by atoms with Gasteiger partial charge in [0.15, 0.2) is 0 Å². The third kappa shape index (κ3) is 4.10. The SMILES string of the molecule is CC1CCCCC1N(C)Cc1cccc(C#CCN)c1. The average molecular weight is 270 g/mol. The van der Waals surface area contributed by atoms with Gasteiger partial charge in [0.2, 0.25) is 0 Å². The van der Waals surface area contributed by atoms with E-state index in [1.165, 1.54) is 31.2 Å². The van der Waals surface area contributed by atoms with Gasteiger partial charge in [0.1, 0.15) is 0 Å². The van der Waals surface area contributed by atoms with Crippen molar-refractivity contribution >= 4 is 0 Å². The number of hydrogen-bond acceptors (Lipinski definition) is 2. The predicted octanol–water partition coefficient (Wildman–Crippen LogP) is 3.01. The van der Waals surface area contributed by atoms with Gasteiger partial charge in [-0.15, -0.1) is 0 Å². The van der Waals surface area contributed by atoms with Crippen molar-refractivity contribution in [1.29, 1.82) is 0 Å². The normalized spacial score (nSPS) is 22.4. The van der Waals surface area contributed by atoms with Crippen molar-refractivity contribution in [3.05, 3.63) is 35.4 Å². The molecule has 1 aromatic rings. The Morgan fingerprint density at radius 2 is 2.10 bits per heavy atom. The Hall–Kier alpha value is -1.30. The fraction of sp³-hybridized carbons (Fsp3) is 0.556. The van der Waals surface area contributed by atoms with Crippen molar-refractivity contribution < 1.29 is 0 Å². The molecule has 1 aliphatic rings. The van der Waals surface area contributed by atoms with Crippen LogP contribution in [0.1, 0.15) is 43.7 Å². The van der Waals surface area contributed by atoms with E-state index in [1.807, 2.05) is 0 Å². The standard InChI is InChI=1S/C18H26N2/c1-15-7-3-4-11-18(15)20(2)14-17-9-5-8-16(13-17)10-6-12-19/h5,8-9,13,15,18H,3-4,7,11-12,14,19H2,1-2H3. The maximum Gasteiger partial charge on any atom is 0.0555 e. The van der Waals surface area contributed by atoms with Gasteiger partial charge in [-0.1, -0.05) is 43.7 Å². The molecule has 0 aliphatic heterocycles. The van der Waals surface area contributed by atoms with E-state index in [0.717, 1.165) is 24.1 Å². The second-order valence-corrected chi connectivity index (χ2v) is 5.95. The van der Waals surface area contributed by atoms with Crippen LogP contribution in [0.2, 0.25) is 0 Å². The summed E-state index contributed by atoms with van der Waals surface area (Å²) in [4.78, 5) is 2.51. The number of benzene rings is 1. The van der Waals surface area contributed by atoms with E-state index in [0.29, 0.717) is 6.54 Å². The monoisotopic (exact) mass is 270 g/mol. The molecule has 0 saturated heterocycles. The third-order valence-electron chi connectivity index (χ3n) is 4.33. The first-order valence-corrected chi connectivity index (χ1v) is 7.69. The first-order valence-electron chi connectivity index (χ1n) is 7.69. The topological polar surface area (TPSA) is 29.3 Å². The summed E-state index contributed by atoms with van der Waals surface area (Å²) >= 11 is 0. The van der Waals surface area contributed by atoms with Crippen LogP contribution in [0.15, 0.2) is 24.3 Å². The Morgan fingerprint density at radius 1 is 1.30 bits per heavy atom. The van der Waals surface area contributed by atoms with Crippen molar-refractivity contribution in [2.24, 2.45) is 11.7 Å². The fourth-order valence-corrected chi connectivity index (χ4v) is 3.26. The molecule has 0 heterocycles. The van der Waals surface area contributed by atoms with Crippen LogP contribution in [0, 0.1) is 17.8 Å². The highest BCUT2D eigenvalue weighted by atomic mass is 15.1. The van der Waals surface area contributed by atoms with Gasteiger partial charge >= 0.3 is 0 Å². The van der Waals surface area contributed by atoms with Crippen LogP contribution in [0.4, 0.5) is 0 Å². The predicted molar refractivity (Wildman–Crippen MR) is 85.3 cm³/mol. The zero-order valence-electron chi connectivity index (χ0n) is 12.7. The van der Waals surface area contributed by atoms with E-state index in [9.17, 15) is 0 Å². The molecule has 108 valence electrons. The summed E-state index contributed by atoms with van der Waals surface area (Å²) in [5, 5.41) is 0. The van der Waals surface area contributed by atoms with E-state index < -0.39 is 0 Å². The molecule has 2 N–H and O–H groups in total. The van der Waals surface area contributed by atoms with Crippen LogP contribution in [0.5, 0.6) is 0 Å². The highest BCUT2D eigenvalue weighted by molar-refractivity contribution is 5.37. The molecule has 1 aromatic carbocycles. The van der Waals surface area contributed by atoms with Crippen LogP contribution in [0.25, 0.3) is 0 Å². The molecule has 1 aliphatic carbocycles. The van der Waals surface area contributed by atoms with E-state index in [4.69, 9.17) is 5.73 Å². The summed E-state index contributed by atoms with van der Waals surface area (Å²) < 4.78 is 0. The van der Waals surface area contributed by atoms with E-state index >= 15 is 0 Å². The lowest BCUT2D eigenvalue weighted by molar-refractivity contribution is 0.133. The Morgan fingerprint density at radius 3 is 2.85 bits per heavy atom. The van der Waals surface area contributed by atoms with Gasteiger partial charge in [-0.05, 0) is 43.5 Å². The minimum Gasteiger partial charge on any atom is -0.320 e. The highest BCUT2D eigenvalue weighted by Gasteiger charge is 2.24. The summed E-state index contributed by atoms with van der Waals surface area (Å²) in [5.74, 6) is 6.85. The molecule has 0 bridgehead atoms. The van der Waals surface area contributed by atoms with Gasteiger partial charge in [-0.25, -0.2) is 0 Å². The lowest BCUT2D eigenvalue weighted by Gasteiger charge is -2.36. The number of nitrogens with two attached hydrogens (primary N) is 1. The summed E-state index contributed by atoms with van der Waals surface area (Å²) in [6, 6.07) is 9.25. The molecule has 2 nitrogen and oxygen atoms in total. The van der Waals surface area contributed by atoms with E-state index in [-0.39, 0.29) is 0 Å². The van der Waals surface area contributed by atoms with Gasteiger partial charge in [0.05, 0.1) is 6.54 Å². The van der Waals surface area contributed by atoms with Gasteiger partial charge < -0.3 is 5.73 Å². The molecule has 0 spiro atoms. The Bertz CT molecular complexity index is 484. The van der Waals surface area contributed by atoms with Crippen LogP contribution in [0.3, 0.4) is 0 Å². The van der Waals surface area contributed by atoms with Gasteiger partial charge in [0.25, 0.3) is 0 Å². The molecule has 2 unspecified atom stereocenters. The highest BCUT2D eigenvalue weighted by Crippen LogP contribution is 2.28. The lowest BCUT2D eigenvalue weighted by Crippen LogP contribution is -2.38. The average Bonchev–Trinajstić information content (AvgIpc) is 2.46. The molecule has 2 rings (SSSR count). The fourth-order valence-electron chi connectivity index (χ4n) is 3.26. The molecule has 1 saturated carbocycles. The smallest absolute Gasteiger partial charge is 0.0555 e. The molecular weight excluding hydrogens is 244 g/mol. The second-order valence-electron chi connectivity index (χ2n) is 5.95. The molecule has 0 aromatic heterocycles. The maximum absolute atomic E-state index is 5.43. The van der Waals surface area contributed by atoms with Crippen molar-refractivity contribution in [1.82, 2.24) is 4.90 Å². The maximum atomic E-state index is 5.43. The van der Waals surface area contributed by atoms with Crippen molar-refractivity contribution in [3.8, 4) is 11.8 Å². The van der Waals surface area contributed by atoms with Crippen molar-refractivity contribution in [2.75, 3.05) is 13.6 Å². The first-order chi connectivity index (χ1) is 9.70. The Labute approximate surface area is 123 Å². The largest absolute Gasteiger partial charge is 0.320 e. The second kappa shape index (κ2) is 7.47. The van der Waals surface area contributed by atoms with Gasteiger partial charge in [-0.3, -0.25) is 4.90 Å². The molecule has 2 heteroatoms. The summed E-state index contributed by atoms with van der Waals surface area (Å²) in [5.41, 5.74) is 7.84. The van der Waals surface area contributed by atoms with Crippen LogP contribution in [-0.4, -0.2) is 24.5 Å². The Kier molecular flexibility index (Phi) is 5.64. The van der Waals surface area contributed by atoms with Crippen LogP contribution < -0.4 is 5.73 Å². The minimum atomic E-state index is 0.420. The van der Waals surface area contributed by atoms with Crippen LogP contribution >= 0.6 is 0 Å². The zero-order chi connectivity index (χ0) is 14.4. The lowest BCUT2D eigenvalue weighted by atomic mass is 9.85. The molecular formula is C18H26N2.